The summed E-state index contributed by atoms with van der Waals surface area (Å²) in [7, 11) is 1.66. The van der Waals surface area contributed by atoms with E-state index >= 15 is 0 Å². The zero-order valence-corrected chi connectivity index (χ0v) is 12.2. The third-order valence-electron chi connectivity index (χ3n) is 3.18. The largest absolute Gasteiger partial charge is 0.497 e. The van der Waals surface area contributed by atoms with E-state index in [-0.39, 0.29) is 6.04 Å². The smallest absolute Gasteiger partial charge is 0.225 e. The number of rotatable bonds is 5. The van der Waals surface area contributed by atoms with Crippen molar-refractivity contribution in [3.8, 4) is 5.75 Å². The standard InChI is InChI=1S/C14H18ClN3O/c1-4-5-13-16-17-14(15)18(13)10(2)11-6-8-12(19-3)9-7-11/h6-10H,4-5H2,1-3H3. The van der Waals surface area contributed by atoms with E-state index < -0.39 is 0 Å². The molecule has 0 aliphatic rings. The second kappa shape index (κ2) is 6.06. The van der Waals surface area contributed by atoms with Crippen LogP contribution in [0, 0.1) is 0 Å². The Kier molecular flexibility index (Phi) is 4.43. The number of halogens is 1. The van der Waals surface area contributed by atoms with Crippen molar-refractivity contribution in [1.82, 2.24) is 14.8 Å². The van der Waals surface area contributed by atoms with Crippen molar-refractivity contribution >= 4 is 11.6 Å². The van der Waals surface area contributed by atoms with E-state index in [0.29, 0.717) is 5.28 Å². The fraction of sp³-hybridized carbons (Fsp3) is 0.429. The highest BCUT2D eigenvalue weighted by Gasteiger charge is 2.17. The van der Waals surface area contributed by atoms with Gasteiger partial charge in [0.1, 0.15) is 11.6 Å². The van der Waals surface area contributed by atoms with Crippen LogP contribution in [-0.4, -0.2) is 21.9 Å². The summed E-state index contributed by atoms with van der Waals surface area (Å²) >= 11 is 6.15. The van der Waals surface area contributed by atoms with Crippen LogP contribution in [0.1, 0.15) is 37.7 Å². The molecule has 1 unspecified atom stereocenters. The highest BCUT2D eigenvalue weighted by Crippen LogP contribution is 2.25. The molecule has 0 N–H and O–H groups in total. The van der Waals surface area contributed by atoms with Crippen LogP contribution in [0.25, 0.3) is 0 Å². The molecule has 1 atom stereocenters. The molecule has 0 aliphatic carbocycles. The number of aromatic nitrogens is 3. The van der Waals surface area contributed by atoms with Gasteiger partial charge < -0.3 is 4.74 Å². The maximum Gasteiger partial charge on any atom is 0.225 e. The Morgan fingerprint density at radius 3 is 2.53 bits per heavy atom. The molecule has 102 valence electrons. The number of nitrogens with zero attached hydrogens (tertiary/aromatic N) is 3. The fourth-order valence-electron chi connectivity index (χ4n) is 2.11. The molecule has 0 spiro atoms. The number of aryl methyl sites for hydroxylation is 1. The van der Waals surface area contributed by atoms with Crippen LogP contribution in [0.2, 0.25) is 5.28 Å². The first-order chi connectivity index (χ1) is 9.17. The lowest BCUT2D eigenvalue weighted by Crippen LogP contribution is -2.11. The number of ether oxygens (including phenoxy) is 1. The van der Waals surface area contributed by atoms with E-state index in [2.05, 4.69) is 24.0 Å². The van der Waals surface area contributed by atoms with Gasteiger partial charge in [-0.3, -0.25) is 4.57 Å². The van der Waals surface area contributed by atoms with Gasteiger partial charge in [0.05, 0.1) is 13.2 Å². The molecule has 0 bridgehead atoms. The zero-order chi connectivity index (χ0) is 13.8. The third-order valence-corrected chi connectivity index (χ3v) is 3.44. The molecule has 2 aromatic rings. The first-order valence-corrected chi connectivity index (χ1v) is 6.78. The van der Waals surface area contributed by atoms with Gasteiger partial charge in [-0.1, -0.05) is 19.1 Å². The Bertz CT molecular complexity index is 536. The molecule has 0 saturated heterocycles. The molecule has 0 aliphatic heterocycles. The van der Waals surface area contributed by atoms with Crippen LogP contribution in [0.3, 0.4) is 0 Å². The highest BCUT2D eigenvalue weighted by atomic mass is 35.5. The van der Waals surface area contributed by atoms with E-state index in [1.807, 2.05) is 28.8 Å². The number of benzene rings is 1. The van der Waals surface area contributed by atoms with E-state index in [0.717, 1.165) is 30.0 Å². The van der Waals surface area contributed by atoms with E-state index in [1.165, 1.54) is 0 Å². The SMILES string of the molecule is CCCc1nnc(Cl)n1C(C)c1ccc(OC)cc1. The second-order valence-electron chi connectivity index (χ2n) is 4.45. The predicted octanol–water partition coefficient (Wildman–Crippen LogP) is 3.50. The summed E-state index contributed by atoms with van der Waals surface area (Å²) in [5, 5.41) is 8.55. The normalized spacial score (nSPS) is 12.4. The van der Waals surface area contributed by atoms with Crippen molar-refractivity contribution in [2.75, 3.05) is 7.11 Å². The van der Waals surface area contributed by atoms with Crippen molar-refractivity contribution in [1.29, 1.82) is 0 Å². The van der Waals surface area contributed by atoms with Gasteiger partial charge in [-0.15, -0.1) is 10.2 Å². The average molecular weight is 280 g/mol. The lowest BCUT2D eigenvalue weighted by atomic mass is 10.1. The lowest BCUT2D eigenvalue weighted by molar-refractivity contribution is 0.414. The van der Waals surface area contributed by atoms with Crippen LogP contribution in [0.15, 0.2) is 24.3 Å². The summed E-state index contributed by atoms with van der Waals surface area (Å²) in [4.78, 5) is 0. The summed E-state index contributed by atoms with van der Waals surface area (Å²) in [5.41, 5.74) is 1.15. The van der Waals surface area contributed by atoms with Crippen LogP contribution in [0.5, 0.6) is 5.75 Å². The maximum absolute atomic E-state index is 6.15. The molecule has 1 heterocycles. The first kappa shape index (κ1) is 13.9. The molecular weight excluding hydrogens is 262 g/mol. The van der Waals surface area contributed by atoms with E-state index in [4.69, 9.17) is 16.3 Å². The minimum absolute atomic E-state index is 0.106. The summed E-state index contributed by atoms with van der Waals surface area (Å²) < 4.78 is 7.15. The van der Waals surface area contributed by atoms with Crippen LogP contribution in [-0.2, 0) is 6.42 Å². The van der Waals surface area contributed by atoms with Gasteiger partial charge in [0.25, 0.3) is 0 Å². The number of methoxy groups -OCH3 is 1. The van der Waals surface area contributed by atoms with Crippen molar-refractivity contribution in [2.24, 2.45) is 0 Å². The van der Waals surface area contributed by atoms with E-state index in [1.54, 1.807) is 7.11 Å². The third kappa shape index (κ3) is 2.89. The lowest BCUT2D eigenvalue weighted by Gasteiger charge is -2.17. The van der Waals surface area contributed by atoms with Crippen molar-refractivity contribution < 1.29 is 4.74 Å². The average Bonchev–Trinajstić information content (AvgIpc) is 2.80. The Morgan fingerprint density at radius 1 is 1.26 bits per heavy atom. The monoisotopic (exact) mass is 279 g/mol. The minimum atomic E-state index is 0.106. The minimum Gasteiger partial charge on any atom is -0.497 e. The zero-order valence-electron chi connectivity index (χ0n) is 11.4. The Hall–Kier alpha value is -1.55. The highest BCUT2D eigenvalue weighted by molar-refractivity contribution is 6.28. The Labute approximate surface area is 118 Å². The van der Waals surface area contributed by atoms with Gasteiger partial charge in [0, 0.05) is 6.42 Å². The molecule has 19 heavy (non-hydrogen) atoms. The topological polar surface area (TPSA) is 39.9 Å². The van der Waals surface area contributed by atoms with Crippen molar-refractivity contribution in [3.63, 3.8) is 0 Å². The molecule has 5 heteroatoms. The molecule has 2 rings (SSSR count). The van der Waals surface area contributed by atoms with Gasteiger partial charge in [-0.05, 0) is 42.6 Å². The maximum atomic E-state index is 6.15. The molecule has 4 nitrogen and oxygen atoms in total. The molecule has 0 fully saturated rings. The van der Waals surface area contributed by atoms with Crippen LogP contribution in [0.4, 0.5) is 0 Å². The quantitative estimate of drug-likeness (QED) is 0.841. The Morgan fingerprint density at radius 2 is 1.95 bits per heavy atom. The van der Waals surface area contributed by atoms with E-state index in [9.17, 15) is 0 Å². The van der Waals surface area contributed by atoms with Crippen LogP contribution >= 0.6 is 11.6 Å². The van der Waals surface area contributed by atoms with Gasteiger partial charge in [-0.2, -0.15) is 0 Å². The summed E-state index contributed by atoms with van der Waals surface area (Å²) in [5.74, 6) is 1.77. The van der Waals surface area contributed by atoms with Gasteiger partial charge in [-0.25, -0.2) is 0 Å². The molecular formula is C14H18ClN3O. The van der Waals surface area contributed by atoms with Gasteiger partial charge in [0.2, 0.25) is 5.28 Å². The van der Waals surface area contributed by atoms with Gasteiger partial charge >= 0.3 is 0 Å². The molecule has 0 saturated carbocycles. The summed E-state index contributed by atoms with van der Waals surface area (Å²) in [6, 6.07) is 8.08. The van der Waals surface area contributed by atoms with Crippen LogP contribution < -0.4 is 4.74 Å². The summed E-state index contributed by atoms with van der Waals surface area (Å²) in [6.07, 6.45) is 1.89. The fourth-order valence-corrected chi connectivity index (χ4v) is 2.39. The molecule has 1 aromatic carbocycles. The number of hydrogen-bond donors (Lipinski definition) is 0. The number of hydrogen-bond acceptors (Lipinski definition) is 3. The molecule has 0 amide bonds. The predicted molar refractivity (Wildman–Crippen MR) is 75.8 cm³/mol. The summed E-state index contributed by atoms with van der Waals surface area (Å²) in [6.45, 7) is 4.21. The van der Waals surface area contributed by atoms with Gasteiger partial charge in [0.15, 0.2) is 0 Å². The molecule has 1 aromatic heterocycles. The first-order valence-electron chi connectivity index (χ1n) is 6.40. The Balaban J connectivity index is 2.31. The van der Waals surface area contributed by atoms with Crippen molar-refractivity contribution in [2.45, 2.75) is 32.7 Å². The molecule has 0 radical (unpaired) electrons. The van der Waals surface area contributed by atoms with Crippen molar-refractivity contribution in [3.05, 3.63) is 40.9 Å². The second-order valence-corrected chi connectivity index (χ2v) is 4.79.